The summed E-state index contributed by atoms with van der Waals surface area (Å²) >= 11 is 0. The van der Waals surface area contributed by atoms with Gasteiger partial charge in [-0.2, -0.15) is 0 Å². The molecule has 0 spiro atoms. The van der Waals surface area contributed by atoms with Gasteiger partial charge in [-0.25, -0.2) is 0 Å². The lowest BCUT2D eigenvalue weighted by Gasteiger charge is -2.18. The quantitative estimate of drug-likeness (QED) is 0.0199. The Morgan fingerprint density at radius 2 is 0.603 bits per heavy atom. The van der Waals surface area contributed by atoms with Crippen molar-refractivity contribution in [2.24, 2.45) is 0 Å². The fourth-order valence-corrected chi connectivity index (χ4v) is 8.21. The summed E-state index contributed by atoms with van der Waals surface area (Å²) in [4.78, 5) is 38.3. The molecule has 0 aromatic carbocycles. The summed E-state index contributed by atoms with van der Waals surface area (Å²) in [6, 6.07) is 0. The molecule has 0 aromatic heterocycles. The molecule has 0 aliphatic rings. The van der Waals surface area contributed by atoms with E-state index in [0.717, 1.165) is 96.3 Å². The summed E-state index contributed by atoms with van der Waals surface area (Å²) in [5.74, 6) is -0.943. The SMILES string of the molecule is CC\C=C/C=C\C=C/C=C\C=C\C=C/C=C\CCCCCC(=O)OCC(COC(=O)CCCCCCCCCCCCCCCCCCC)OC(=O)CCCCCCCCCCC/C=C\C/C=C\C/C=C\CC. The molecule has 1 unspecified atom stereocenters. The number of allylic oxidation sites excluding steroid dienone is 20. The second kappa shape index (κ2) is 60.4. The highest BCUT2D eigenvalue weighted by atomic mass is 16.6. The highest BCUT2D eigenvalue weighted by Crippen LogP contribution is 2.16. The van der Waals surface area contributed by atoms with Crippen LogP contribution in [0.3, 0.4) is 0 Å². The van der Waals surface area contributed by atoms with E-state index in [2.05, 4.69) is 69.4 Å². The van der Waals surface area contributed by atoms with Crippen LogP contribution in [0.1, 0.15) is 265 Å². The number of esters is 3. The van der Waals surface area contributed by atoms with Gasteiger partial charge in [0.05, 0.1) is 0 Å². The van der Waals surface area contributed by atoms with Crippen LogP contribution >= 0.6 is 0 Å². The summed E-state index contributed by atoms with van der Waals surface area (Å²) in [6.07, 6.45) is 83.3. The van der Waals surface area contributed by atoms with Gasteiger partial charge < -0.3 is 14.2 Å². The van der Waals surface area contributed by atoms with E-state index >= 15 is 0 Å². The normalized spacial score (nSPS) is 13.0. The van der Waals surface area contributed by atoms with Gasteiger partial charge in [-0.3, -0.25) is 14.4 Å². The fraction of sp³-hybridized carbons (Fsp3) is 0.657. The van der Waals surface area contributed by atoms with E-state index in [1.807, 2.05) is 72.9 Å². The molecule has 0 rings (SSSR count). The lowest BCUT2D eigenvalue weighted by atomic mass is 10.0. The van der Waals surface area contributed by atoms with E-state index in [1.165, 1.54) is 128 Å². The van der Waals surface area contributed by atoms with Crippen molar-refractivity contribution in [3.05, 3.63) is 122 Å². The molecule has 0 fully saturated rings. The summed E-state index contributed by atoms with van der Waals surface area (Å²) < 4.78 is 16.9. The van der Waals surface area contributed by atoms with Gasteiger partial charge in [0.15, 0.2) is 6.10 Å². The molecule has 0 radical (unpaired) electrons. The van der Waals surface area contributed by atoms with E-state index < -0.39 is 6.10 Å². The van der Waals surface area contributed by atoms with Gasteiger partial charge in [0.1, 0.15) is 13.2 Å². The molecule has 0 heterocycles. The maximum Gasteiger partial charge on any atom is 0.306 e. The Labute approximate surface area is 450 Å². The molecule has 0 bridgehead atoms. The second-order valence-corrected chi connectivity index (χ2v) is 19.7. The molecule has 73 heavy (non-hydrogen) atoms. The average molecular weight is 1010 g/mol. The van der Waals surface area contributed by atoms with E-state index in [-0.39, 0.29) is 31.1 Å². The highest BCUT2D eigenvalue weighted by Gasteiger charge is 2.19. The van der Waals surface area contributed by atoms with Crippen LogP contribution in [0.5, 0.6) is 0 Å². The third-order valence-electron chi connectivity index (χ3n) is 12.7. The molecule has 0 N–H and O–H groups in total. The molecule has 0 aromatic rings. The zero-order chi connectivity index (χ0) is 52.9. The van der Waals surface area contributed by atoms with Crippen LogP contribution in [0.25, 0.3) is 0 Å². The van der Waals surface area contributed by atoms with Gasteiger partial charge in [-0.05, 0) is 70.6 Å². The molecule has 0 aliphatic carbocycles. The summed E-state index contributed by atoms with van der Waals surface area (Å²) in [5, 5.41) is 0. The van der Waals surface area contributed by atoms with Crippen molar-refractivity contribution < 1.29 is 28.6 Å². The van der Waals surface area contributed by atoms with Gasteiger partial charge >= 0.3 is 17.9 Å². The Kier molecular flexibility index (Phi) is 56.9. The third-order valence-corrected chi connectivity index (χ3v) is 12.7. The third kappa shape index (κ3) is 58.6. The number of rotatable bonds is 53. The monoisotopic (exact) mass is 1010 g/mol. The van der Waals surface area contributed by atoms with Crippen LogP contribution in [0, 0.1) is 0 Å². The van der Waals surface area contributed by atoms with Crippen molar-refractivity contribution in [1.82, 2.24) is 0 Å². The Morgan fingerprint density at radius 3 is 1.01 bits per heavy atom. The van der Waals surface area contributed by atoms with E-state index in [4.69, 9.17) is 14.2 Å². The first-order valence-electron chi connectivity index (χ1n) is 30.1. The van der Waals surface area contributed by atoms with Crippen molar-refractivity contribution in [1.29, 1.82) is 0 Å². The Bertz CT molecular complexity index is 1540. The first kappa shape index (κ1) is 68.8. The topological polar surface area (TPSA) is 78.9 Å². The van der Waals surface area contributed by atoms with Crippen molar-refractivity contribution in [3.63, 3.8) is 0 Å². The zero-order valence-electron chi connectivity index (χ0n) is 47.4. The summed E-state index contributed by atoms with van der Waals surface area (Å²) in [6.45, 7) is 6.36. The average Bonchev–Trinajstić information content (AvgIpc) is 3.39. The maximum atomic E-state index is 12.9. The lowest BCUT2D eigenvalue weighted by molar-refractivity contribution is -0.167. The second-order valence-electron chi connectivity index (χ2n) is 19.7. The van der Waals surface area contributed by atoms with Crippen molar-refractivity contribution in [3.8, 4) is 0 Å². The first-order chi connectivity index (χ1) is 36.0. The van der Waals surface area contributed by atoms with E-state index in [1.54, 1.807) is 0 Å². The fourth-order valence-electron chi connectivity index (χ4n) is 8.21. The lowest BCUT2D eigenvalue weighted by Crippen LogP contribution is -2.30. The van der Waals surface area contributed by atoms with Crippen molar-refractivity contribution in [2.75, 3.05) is 13.2 Å². The van der Waals surface area contributed by atoms with Crippen LogP contribution < -0.4 is 0 Å². The minimum Gasteiger partial charge on any atom is -0.462 e. The molecule has 0 amide bonds. The smallest absolute Gasteiger partial charge is 0.306 e. The Morgan fingerprint density at radius 1 is 0.301 bits per heavy atom. The molecule has 6 nitrogen and oxygen atoms in total. The molecular formula is C67H110O6. The molecule has 1 atom stereocenters. The standard InChI is InChI=1S/C67H110O6/c1-4-7-10-13-16-19-22-25-28-31-33-36-39-42-45-48-51-54-57-60-66(69)72-63-64(62-71-65(68)59-56-53-50-47-44-41-38-35-30-27-24-21-18-15-12-9-6-3)73-67(70)61-58-55-52-49-46-43-40-37-34-32-29-26-23-20-17-14-11-8-5-2/h7-8,10-11,13,16-17,19-20,22,25-26,28-29,31,33,36,39,42,45,64H,4-6,9,12,14-15,18,21,23-24,27,30,32,34-35,37-38,40-41,43-44,46-63H2,1-3H3/b10-7-,11-8-,16-13-,20-17-,22-19-,28-25-,29-26-,33-31+,39-36-,45-42-. The maximum absolute atomic E-state index is 12.9. The van der Waals surface area contributed by atoms with Crippen molar-refractivity contribution in [2.45, 2.75) is 271 Å². The minimum absolute atomic E-state index is 0.0957. The number of unbranched alkanes of at least 4 members (excludes halogenated alkanes) is 28. The Balaban J connectivity index is 4.49. The summed E-state index contributed by atoms with van der Waals surface area (Å²) in [7, 11) is 0. The van der Waals surface area contributed by atoms with Crippen LogP contribution in [-0.2, 0) is 28.6 Å². The van der Waals surface area contributed by atoms with Crippen molar-refractivity contribution >= 4 is 17.9 Å². The molecular weight excluding hydrogens is 901 g/mol. The van der Waals surface area contributed by atoms with Crippen LogP contribution in [-0.4, -0.2) is 37.2 Å². The number of hydrogen-bond acceptors (Lipinski definition) is 6. The number of ether oxygens (including phenoxy) is 3. The molecule has 0 saturated carbocycles. The molecule has 0 saturated heterocycles. The number of carbonyl (C=O) groups is 3. The molecule has 0 aliphatic heterocycles. The Hall–Kier alpha value is -4.19. The van der Waals surface area contributed by atoms with Gasteiger partial charge in [0.2, 0.25) is 0 Å². The van der Waals surface area contributed by atoms with Gasteiger partial charge in [0, 0.05) is 19.3 Å². The van der Waals surface area contributed by atoms with Gasteiger partial charge in [0.25, 0.3) is 0 Å². The molecule has 414 valence electrons. The van der Waals surface area contributed by atoms with E-state index in [9.17, 15) is 14.4 Å². The highest BCUT2D eigenvalue weighted by molar-refractivity contribution is 5.71. The first-order valence-corrected chi connectivity index (χ1v) is 30.1. The summed E-state index contributed by atoms with van der Waals surface area (Å²) in [5.41, 5.74) is 0. The zero-order valence-corrected chi connectivity index (χ0v) is 47.4. The predicted octanol–water partition coefficient (Wildman–Crippen LogP) is 20.4. The molecule has 6 heteroatoms. The predicted molar refractivity (Wildman–Crippen MR) is 316 cm³/mol. The number of carbonyl (C=O) groups excluding carboxylic acids is 3. The largest absolute Gasteiger partial charge is 0.462 e. The van der Waals surface area contributed by atoms with E-state index in [0.29, 0.717) is 19.3 Å². The van der Waals surface area contributed by atoms with Crippen LogP contribution in [0.15, 0.2) is 122 Å². The van der Waals surface area contributed by atoms with Crippen LogP contribution in [0.4, 0.5) is 0 Å². The van der Waals surface area contributed by atoms with Gasteiger partial charge in [-0.15, -0.1) is 0 Å². The van der Waals surface area contributed by atoms with Crippen LogP contribution in [0.2, 0.25) is 0 Å². The minimum atomic E-state index is -0.803. The number of hydrogen-bond donors (Lipinski definition) is 0. The van der Waals surface area contributed by atoms with Gasteiger partial charge in [-0.1, -0.05) is 296 Å².